The summed E-state index contributed by atoms with van der Waals surface area (Å²) in [6.45, 7) is 2.87. The number of amidine groups is 1. The van der Waals surface area contributed by atoms with E-state index in [0.29, 0.717) is 11.6 Å². The van der Waals surface area contributed by atoms with E-state index < -0.39 is 5.72 Å². The van der Waals surface area contributed by atoms with Gasteiger partial charge in [-0.25, -0.2) is 15.3 Å². The zero-order valence-corrected chi connectivity index (χ0v) is 15.8. The topological polar surface area (TPSA) is 55.3 Å². The number of piperidine rings is 1. The maximum Gasteiger partial charge on any atom is 0.190 e. The number of nitrogens with one attached hydrogen (secondary N) is 1. The lowest BCUT2D eigenvalue weighted by Gasteiger charge is -2.35. The highest BCUT2D eigenvalue weighted by atomic mass is 16.7. The normalized spacial score (nSPS) is 18.8. The lowest BCUT2D eigenvalue weighted by atomic mass is 10.0. The lowest BCUT2D eigenvalue weighted by Crippen LogP contribution is -2.44. The summed E-state index contributed by atoms with van der Waals surface area (Å²) in [6, 6.07) is 16.3. The van der Waals surface area contributed by atoms with Gasteiger partial charge in [0.15, 0.2) is 11.6 Å². The summed E-state index contributed by atoms with van der Waals surface area (Å²) < 4.78 is 10.8. The van der Waals surface area contributed by atoms with Crippen LogP contribution in [0.15, 0.2) is 53.5 Å². The van der Waals surface area contributed by atoms with Crippen LogP contribution in [0.2, 0.25) is 0 Å². The Hall–Kier alpha value is -2.57. The van der Waals surface area contributed by atoms with Crippen molar-refractivity contribution in [2.45, 2.75) is 25.1 Å². The molecule has 0 unspecified atom stereocenters. The molecule has 0 saturated carbocycles. The molecule has 0 aromatic heterocycles. The molecule has 6 heteroatoms. The Labute approximate surface area is 159 Å². The zero-order valence-electron chi connectivity index (χ0n) is 15.8. The van der Waals surface area contributed by atoms with Crippen LogP contribution >= 0.6 is 0 Å². The molecule has 1 saturated heterocycles. The third kappa shape index (κ3) is 3.77. The van der Waals surface area contributed by atoms with Gasteiger partial charge in [0.05, 0.1) is 19.8 Å². The SMILES string of the molecule is COc1ccc(C2=NC3(CCN(Cc4ccccc4)CC3)ON2)c(OC)c1. The number of aliphatic imine (C=N–C) groups is 1. The van der Waals surface area contributed by atoms with Gasteiger partial charge in [-0.15, -0.1) is 0 Å². The van der Waals surface area contributed by atoms with Gasteiger partial charge in [0.25, 0.3) is 0 Å². The van der Waals surface area contributed by atoms with Crippen molar-refractivity contribution in [2.75, 3.05) is 27.3 Å². The Morgan fingerprint density at radius 2 is 1.85 bits per heavy atom. The second kappa shape index (κ2) is 7.58. The van der Waals surface area contributed by atoms with E-state index in [2.05, 4.69) is 40.7 Å². The average molecular weight is 367 g/mol. The zero-order chi connectivity index (χ0) is 18.7. The summed E-state index contributed by atoms with van der Waals surface area (Å²) in [5.74, 6) is 2.17. The maximum atomic E-state index is 5.94. The molecule has 27 heavy (non-hydrogen) atoms. The van der Waals surface area contributed by atoms with Gasteiger partial charge in [0.2, 0.25) is 0 Å². The molecule has 1 fully saturated rings. The number of nitrogens with zero attached hydrogens (tertiary/aromatic N) is 2. The van der Waals surface area contributed by atoms with E-state index >= 15 is 0 Å². The maximum absolute atomic E-state index is 5.94. The van der Waals surface area contributed by atoms with E-state index in [9.17, 15) is 0 Å². The van der Waals surface area contributed by atoms with E-state index in [1.54, 1.807) is 14.2 Å². The molecular weight excluding hydrogens is 342 g/mol. The van der Waals surface area contributed by atoms with Crippen LogP contribution in [0.5, 0.6) is 11.5 Å². The summed E-state index contributed by atoms with van der Waals surface area (Å²) in [4.78, 5) is 13.3. The molecule has 0 bridgehead atoms. The van der Waals surface area contributed by atoms with Crippen molar-refractivity contribution < 1.29 is 14.3 Å². The first kappa shape index (κ1) is 17.8. The lowest BCUT2D eigenvalue weighted by molar-refractivity contribution is -0.0901. The fraction of sp³-hybridized carbons (Fsp3) is 0.381. The molecule has 0 aliphatic carbocycles. The highest BCUT2D eigenvalue weighted by Gasteiger charge is 2.40. The largest absolute Gasteiger partial charge is 0.497 e. The predicted octanol–water partition coefficient (Wildman–Crippen LogP) is 2.98. The standard InChI is InChI=1S/C21H25N3O3/c1-25-17-8-9-18(19(14-17)26-2)20-22-21(27-23-20)10-12-24(13-11-21)15-16-6-4-3-5-7-16/h3-9,14H,10-13,15H2,1-2H3,(H,22,23). The number of likely N-dealkylation sites (tertiary alicyclic amines) is 1. The monoisotopic (exact) mass is 367 g/mol. The second-order valence-corrected chi connectivity index (χ2v) is 6.94. The van der Waals surface area contributed by atoms with Crippen LogP contribution in [0.3, 0.4) is 0 Å². The van der Waals surface area contributed by atoms with Crippen LogP contribution in [-0.4, -0.2) is 43.8 Å². The molecule has 2 aromatic rings. The first-order chi connectivity index (χ1) is 13.2. The predicted molar refractivity (Wildman–Crippen MR) is 104 cm³/mol. The molecule has 2 aromatic carbocycles. The molecule has 6 nitrogen and oxygen atoms in total. The highest BCUT2D eigenvalue weighted by Crippen LogP contribution is 2.34. The van der Waals surface area contributed by atoms with E-state index in [0.717, 1.165) is 43.8 Å². The summed E-state index contributed by atoms with van der Waals surface area (Å²) in [7, 11) is 3.29. The third-order valence-corrected chi connectivity index (χ3v) is 5.20. The first-order valence-electron chi connectivity index (χ1n) is 9.24. The minimum atomic E-state index is -0.493. The minimum absolute atomic E-state index is 0.493. The average Bonchev–Trinajstić information content (AvgIpc) is 3.13. The molecule has 0 radical (unpaired) electrons. The first-order valence-corrected chi connectivity index (χ1v) is 9.24. The van der Waals surface area contributed by atoms with E-state index in [4.69, 9.17) is 19.3 Å². The molecular formula is C21H25N3O3. The van der Waals surface area contributed by atoms with Crippen LogP contribution in [-0.2, 0) is 11.4 Å². The van der Waals surface area contributed by atoms with Gasteiger partial charge in [0, 0.05) is 38.5 Å². The Morgan fingerprint density at radius 3 is 2.56 bits per heavy atom. The number of ether oxygens (including phenoxy) is 2. The van der Waals surface area contributed by atoms with Crippen molar-refractivity contribution in [1.82, 2.24) is 10.4 Å². The van der Waals surface area contributed by atoms with Crippen molar-refractivity contribution in [3.8, 4) is 11.5 Å². The number of hydrogen-bond acceptors (Lipinski definition) is 6. The summed E-state index contributed by atoms with van der Waals surface area (Å²) in [6.07, 6.45) is 1.71. The molecule has 2 aliphatic heterocycles. The molecule has 4 rings (SSSR count). The minimum Gasteiger partial charge on any atom is -0.497 e. The van der Waals surface area contributed by atoms with Gasteiger partial charge in [-0.3, -0.25) is 4.90 Å². The fourth-order valence-electron chi connectivity index (χ4n) is 3.62. The van der Waals surface area contributed by atoms with Crippen molar-refractivity contribution in [2.24, 2.45) is 4.99 Å². The van der Waals surface area contributed by atoms with E-state index in [-0.39, 0.29) is 0 Å². The van der Waals surface area contributed by atoms with Crippen molar-refractivity contribution in [1.29, 1.82) is 0 Å². The Bertz CT molecular complexity index is 815. The molecule has 2 heterocycles. The molecule has 2 aliphatic rings. The Kier molecular flexibility index (Phi) is 5.01. The van der Waals surface area contributed by atoms with Gasteiger partial charge in [0.1, 0.15) is 11.5 Å². The fourth-order valence-corrected chi connectivity index (χ4v) is 3.62. The van der Waals surface area contributed by atoms with Gasteiger partial charge in [-0.1, -0.05) is 30.3 Å². The third-order valence-electron chi connectivity index (χ3n) is 5.20. The summed E-state index contributed by atoms with van der Waals surface area (Å²) in [5, 5.41) is 0. The van der Waals surface area contributed by atoms with Crippen LogP contribution in [0.1, 0.15) is 24.0 Å². The number of rotatable bonds is 5. The smallest absolute Gasteiger partial charge is 0.190 e. The number of benzene rings is 2. The van der Waals surface area contributed by atoms with Gasteiger partial charge >= 0.3 is 0 Å². The number of hydrogen-bond donors (Lipinski definition) is 1. The van der Waals surface area contributed by atoms with E-state index in [1.165, 1.54) is 5.56 Å². The van der Waals surface area contributed by atoms with Crippen molar-refractivity contribution in [3.63, 3.8) is 0 Å². The Balaban J connectivity index is 1.45. The molecule has 0 amide bonds. The number of hydroxylamine groups is 1. The van der Waals surface area contributed by atoms with E-state index in [1.807, 2.05) is 18.2 Å². The summed E-state index contributed by atoms with van der Waals surface area (Å²) >= 11 is 0. The van der Waals surface area contributed by atoms with Crippen LogP contribution in [0.4, 0.5) is 0 Å². The molecule has 1 N–H and O–H groups in total. The molecule has 0 atom stereocenters. The van der Waals surface area contributed by atoms with Gasteiger partial charge in [-0.05, 0) is 17.7 Å². The van der Waals surface area contributed by atoms with Gasteiger partial charge < -0.3 is 9.47 Å². The van der Waals surface area contributed by atoms with Crippen molar-refractivity contribution in [3.05, 3.63) is 59.7 Å². The Morgan fingerprint density at radius 1 is 1.07 bits per heavy atom. The quantitative estimate of drug-likeness (QED) is 0.881. The molecule has 142 valence electrons. The van der Waals surface area contributed by atoms with Crippen LogP contribution in [0, 0.1) is 0 Å². The summed E-state index contributed by atoms with van der Waals surface area (Å²) in [5.41, 5.74) is 4.74. The number of methoxy groups -OCH3 is 2. The van der Waals surface area contributed by atoms with Crippen LogP contribution in [0.25, 0.3) is 0 Å². The van der Waals surface area contributed by atoms with Gasteiger partial charge in [-0.2, -0.15) is 0 Å². The highest BCUT2D eigenvalue weighted by molar-refractivity contribution is 6.01. The second-order valence-electron chi connectivity index (χ2n) is 6.94. The van der Waals surface area contributed by atoms with Crippen molar-refractivity contribution >= 4 is 5.84 Å². The van der Waals surface area contributed by atoms with Crippen LogP contribution < -0.4 is 15.0 Å². The molecule has 1 spiro atoms.